The van der Waals surface area contributed by atoms with Gasteiger partial charge in [0.2, 0.25) is 0 Å². The van der Waals surface area contributed by atoms with Gasteiger partial charge in [0.15, 0.2) is 0 Å². The maximum Gasteiger partial charge on any atom is 0.282 e. The smallest absolute Gasteiger partial charge is 0.282 e. The first-order chi connectivity index (χ1) is 9.08. The summed E-state index contributed by atoms with van der Waals surface area (Å²) in [5.41, 5.74) is 0.793. The van der Waals surface area contributed by atoms with Crippen LogP contribution in [0.2, 0.25) is 0 Å². The van der Waals surface area contributed by atoms with Gasteiger partial charge in [0, 0.05) is 25.2 Å². The Labute approximate surface area is 111 Å². The molecule has 0 aromatic heterocycles. The molecule has 0 aliphatic heterocycles. The third kappa shape index (κ3) is 3.75. The summed E-state index contributed by atoms with van der Waals surface area (Å²) in [6.45, 7) is 2.96. The highest BCUT2D eigenvalue weighted by Crippen LogP contribution is 2.20. The maximum atomic E-state index is 11.9. The summed E-state index contributed by atoms with van der Waals surface area (Å²) < 4.78 is 0. The third-order valence-electron chi connectivity index (χ3n) is 3.01. The van der Waals surface area contributed by atoms with Crippen molar-refractivity contribution in [1.29, 1.82) is 0 Å². The Morgan fingerprint density at radius 1 is 1.42 bits per heavy atom. The standard InChI is InChI=1S/C13H17N3O3/c1-9-2-5-12(16(18)19)11(8-9)13(17)15-7-6-14-10-3-4-10/h2,5,8,10,14H,3-4,6-7H2,1H3,(H,15,17). The molecule has 6 heteroatoms. The van der Waals surface area contributed by atoms with Gasteiger partial charge in [-0.05, 0) is 31.4 Å². The van der Waals surface area contributed by atoms with Crippen LogP contribution in [0, 0.1) is 17.0 Å². The molecule has 0 heterocycles. The number of rotatable bonds is 6. The summed E-state index contributed by atoms with van der Waals surface area (Å²) in [6.07, 6.45) is 2.38. The van der Waals surface area contributed by atoms with Crippen LogP contribution in [0.3, 0.4) is 0 Å². The molecule has 102 valence electrons. The first-order valence-electron chi connectivity index (χ1n) is 6.34. The predicted molar refractivity (Wildman–Crippen MR) is 71.2 cm³/mol. The van der Waals surface area contributed by atoms with Gasteiger partial charge in [-0.1, -0.05) is 6.07 Å². The molecule has 0 bridgehead atoms. The summed E-state index contributed by atoms with van der Waals surface area (Å²) in [7, 11) is 0. The van der Waals surface area contributed by atoms with Gasteiger partial charge in [-0.3, -0.25) is 14.9 Å². The Hall–Kier alpha value is -1.95. The Bertz CT molecular complexity index is 498. The van der Waals surface area contributed by atoms with Crippen molar-refractivity contribution in [3.8, 4) is 0 Å². The fourth-order valence-corrected chi connectivity index (χ4v) is 1.83. The second kappa shape index (κ2) is 5.79. The van der Waals surface area contributed by atoms with Crippen LogP contribution in [0.1, 0.15) is 28.8 Å². The summed E-state index contributed by atoms with van der Waals surface area (Å²) in [5, 5.41) is 16.8. The number of amides is 1. The number of nitro groups is 1. The maximum absolute atomic E-state index is 11.9. The van der Waals surface area contributed by atoms with Crippen molar-refractivity contribution in [2.45, 2.75) is 25.8 Å². The lowest BCUT2D eigenvalue weighted by atomic mass is 10.1. The van der Waals surface area contributed by atoms with E-state index in [9.17, 15) is 14.9 Å². The quantitative estimate of drug-likeness (QED) is 0.461. The second-order valence-corrected chi connectivity index (χ2v) is 4.76. The molecule has 19 heavy (non-hydrogen) atoms. The molecule has 1 aliphatic rings. The van der Waals surface area contributed by atoms with E-state index in [4.69, 9.17) is 0 Å². The van der Waals surface area contributed by atoms with Crippen LogP contribution in [0.5, 0.6) is 0 Å². The normalized spacial score (nSPS) is 14.2. The largest absolute Gasteiger partial charge is 0.351 e. The van der Waals surface area contributed by atoms with Gasteiger partial charge in [0.05, 0.1) is 4.92 Å². The number of hydrogen-bond donors (Lipinski definition) is 2. The molecule has 0 spiro atoms. The molecule has 0 radical (unpaired) electrons. The van der Waals surface area contributed by atoms with Gasteiger partial charge in [-0.25, -0.2) is 0 Å². The van der Waals surface area contributed by atoms with Crippen LogP contribution in [0.4, 0.5) is 5.69 Å². The molecule has 0 atom stereocenters. The van der Waals surface area contributed by atoms with E-state index in [-0.39, 0.29) is 11.3 Å². The summed E-state index contributed by atoms with van der Waals surface area (Å²) in [6, 6.07) is 5.13. The fourth-order valence-electron chi connectivity index (χ4n) is 1.83. The predicted octanol–water partition coefficient (Wildman–Crippen LogP) is 1.39. The molecule has 0 unspecified atom stereocenters. The molecular formula is C13H17N3O3. The van der Waals surface area contributed by atoms with E-state index in [1.807, 2.05) is 0 Å². The molecule has 1 saturated carbocycles. The van der Waals surface area contributed by atoms with Gasteiger partial charge < -0.3 is 10.6 Å². The number of hydrogen-bond acceptors (Lipinski definition) is 4. The van der Waals surface area contributed by atoms with Crippen molar-refractivity contribution in [2.24, 2.45) is 0 Å². The van der Waals surface area contributed by atoms with E-state index in [1.54, 1.807) is 19.1 Å². The monoisotopic (exact) mass is 263 g/mol. The van der Waals surface area contributed by atoms with Crippen molar-refractivity contribution < 1.29 is 9.72 Å². The number of benzene rings is 1. The van der Waals surface area contributed by atoms with Gasteiger partial charge in [-0.2, -0.15) is 0 Å². The van der Waals surface area contributed by atoms with Gasteiger partial charge in [0.25, 0.3) is 11.6 Å². The van der Waals surface area contributed by atoms with Crippen molar-refractivity contribution in [3.63, 3.8) is 0 Å². The van der Waals surface area contributed by atoms with Crippen LogP contribution in [-0.2, 0) is 0 Å². The average Bonchev–Trinajstić information content (AvgIpc) is 3.18. The summed E-state index contributed by atoms with van der Waals surface area (Å²) >= 11 is 0. The highest BCUT2D eigenvalue weighted by atomic mass is 16.6. The summed E-state index contributed by atoms with van der Waals surface area (Å²) in [4.78, 5) is 22.3. The SMILES string of the molecule is Cc1ccc([N+](=O)[O-])c(C(=O)NCCNC2CC2)c1. The first kappa shape index (κ1) is 13.5. The lowest BCUT2D eigenvalue weighted by molar-refractivity contribution is -0.385. The van der Waals surface area contributed by atoms with Crippen LogP contribution >= 0.6 is 0 Å². The zero-order valence-corrected chi connectivity index (χ0v) is 10.8. The summed E-state index contributed by atoms with van der Waals surface area (Å²) in [5.74, 6) is -0.395. The van der Waals surface area contributed by atoms with Crippen molar-refractivity contribution in [3.05, 3.63) is 39.4 Å². The number of carbonyl (C=O) groups is 1. The van der Waals surface area contributed by atoms with Crippen molar-refractivity contribution >= 4 is 11.6 Å². The number of nitrogens with zero attached hydrogens (tertiary/aromatic N) is 1. The molecule has 2 N–H and O–H groups in total. The van der Waals surface area contributed by atoms with Crippen molar-refractivity contribution in [2.75, 3.05) is 13.1 Å². The molecule has 1 aromatic carbocycles. The minimum atomic E-state index is -0.531. The number of aryl methyl sites for hydroxylation is 1. The van der Waals surface area contributed by atoms with Gasteiger partial charge in [0.1, 0.15) is 5.56 Å². The molecule has 1 fully saturated rings. The molecule has 2 rings (SSSR count). The Balaban J connectivity index is 1.96. The van der Waals surface area contributed by atoms with Crippen LogP contribution in [0.25, 0.3) is 0 Å². The van der Waals surface area contributed by atoms with E-state index >= 15 is 0 Å². The minimum absolute atomic E-state index is 0.122. The average molecular weight is 263 g/mol. The zero-order valence-electron chi connectivity index (χ0n) is 10.8. The topological polar surface area (TPSA) is 84.3 Å². The van der Waals surface area contributed by atoms with E-state index in [2.05, 4.69) is 10.6 Å². The zero-order chi connectivity index (χ0) is 13.8. The van der Waals surface area contributed by atoms with E-state index in [0.717, 1.165) is 5.56 Å². The van der Waals surface area contributed by atoms with Crippen LogP contribution < -0.4 is 10.6 Å². The molecule has 6 nitrogen and oxygen atoms in total. The molecule has 1 amide bonds. The van der Waals surface area contributed by atoms with E-state index in [0.29, 0.717) is 19.1 Å². The van der Waals surface area contributed by atoms with E-state index in [1.165, 1.54) is 18.9 Å². The molecule has 0 saturated heterocycles. The molecular weight excluding hydrogens is 246 g/mol. The first-order valence-corrected chi connectivity index (χ1v) is 6.34. The van der Waals surface area contributed by atoms with Gasteiger partial charge in [-0.15, -0.1) is 0 Å². The second-order valence-electron chi connectivity index (χ2n) is 4.76. The minimum Gasteiger partial charge on any atom is -0.351 e. The van der Waals surface area contributed by atoms with E-state index < -0.39 is 10.8 Å². The van der Waals surface area contributed by atoms with Crippen LogP contribution in [-0.4, -0.2) is 30.0 Å². The number of carbonyl (C=O) groups excluding carboxylic acids is 1. The Morgan fingerprint density at radius 3 is 2.79 bits per heavy atom. The molecule has 1 aromatic rings. The number of nitro benzene ring substituents is 1. The highest BCUT2D eigenvalue weighted by molar-refractivity contribution is 5.98. The van der Waals surface area contributed by atoms with Crippen molar-refractivity contribution in [1.82, 2.24) is 10.6 Å². The third-order valence-corrected chi connectivity index (χ3v) is 3.01. The Kier molecular flexibility index (Phi) is 4.11. The fraction of sp³-hybridized carbons (Fsp3) is 0.462. The van der Waals surface area contributed by atoms with Gasteiger partial charge >= 0.3 is 0 Å². The lowest BCUT2D eigenvalue weighted by Crippen LogP contribution is -2.33. The lowest BCUT2D eigenvalue weighted by Gasteiger charge is -2.07. The highest BCUT2D eigenvalue weighted by Gasteiger charge is 2.21. The Morgan fingerprint density at radius 2 is 2.16 bits per heavy atom. The number of nitrogens with one attached hydrogen (secondary N) is 2. The molecule has 1 aliphatic carbocycles. The van der Waals surface area contributed by atoms with Crippen LogP contribution in [0.15, 0.2) is 18.2 Å².